The van der Waals surface area contributed by atoms with Gasteiger partial charge in [0.1, 0.15) is 11.8 Å². The maximum absolute atomic E-state index is 14.3. The maximum Gasteiger partial charge on any atom is 0.490 e. The second-order valence-corrected chi connectivity index (χ2v) is 13.1. The zero-order valence-electron chi connectivity index (χ0n) is 25.7. The minimum atomic E-state index is -5.08. The number of nitriles is 1. The number of amides is 2. The number of carboxylic acids is 1. The number of piperazine rings is 1. The van der Waals surface area contributed by atoms with Crippen molar-refractivity contribution in [1.82, 2.24) is 30.6 Å². The average molecular weight is 694 g/mol. The molecular formula is C31H35ClF3N7O6. The molecule has 1 spiro atoms. The molecular weight excluding hydrogens is 659 g/mol. The molecule has 2 amide bonds. The average Bonchev–Trinajstić information content (AvgIpc) is 3.01. The number of ether oxygens (including phenoxy) is 1. The number of benzene rings is 1. The second kappa shape index (κ2) is 14.1. The predicted octanol–water partition coefficient (Wildman–Crippen LogP) is 3.38. The van der Waals surface area contributed by atoms with Gasteiger partial charge in [0.05, 0.1) is 22.4 Å². The summed E-state index contributed by atoms with van der Waals surface area (Å²) >= 11 is 6.17. The molecule has 4 N–H and O–H groups in total. The van der Waals surface area contributed by atoms with Gasteiger partial charge in [-0.25, -0.2) is 9.59 Å². The molecule has 1 atom stereocenters. The number of likely N-dealkylation sites (tertiary alicyclic amines) is 1. The Morgan fingerprint density at radius 2 is 1.81 bits per heavy atom. The standard InChI is InChI=1S/C29H34ClN7O4.C2HF3O2/c30-24-12-23(6-3-19(24)15-31)41-22-7-4-20(5-8-22)34-26(38)29(25-2-1-9-33-35-25)16-32-10-11-37(29)21-13-28(14-21)17-36(18-28)27(39)40;3-2(4,5)1(6)7/h1-3,6,9,12,20-22,32H,4-5,7-8,10-11,13-14,16-18H2,(H,34,38)(H,39,40);(H,6,7). The fourth-order valence-electron chi connectivity index (χ4n) is 7.14. The molecule has 4 aliphatic rings. The van der Waals surface area contributed by atoms with Crippen LogP contribution in [0.4, 0.5) is 18.0 Å². The smallest absolute Gasteiger partial charge is 0.490 e. The monoisotopic (exact) mass is 693 g/mol. The predicted molar refractivity (Wildman–Crippen MR) is 163 cm³/mol. The van der Waals surface area contributed by atoms with E-state index in [1.54, 1.807) is 24.4 Å². The van der Waals surface area contributed by atoms with Crippen molar-refractivity contribution in [3.8, 4) is 11.8 Å². The summed E-state index contributed by atoms with van der Waals surface area (Å²) in [6, 6.07) is 11.0. The Labute approximate surface area is 279 Å². The molecule has 2 aliphatic heterocycles. The molecule has 1 unspecified atom stereocenters. The Kier molecular flexibility index (Phi) is 10.3. The number of hydrogen-bond acceptors (Lipinski definition) is 9. The van der Waals surface area contributed by atoms with E-state index in [4.69, 9.17) is 31.5 Å². The summed E-state index contributed by atoms with van der Waals surface area (Å²) in [5.41, 5.74) is 0.0688. The molecule has 48 heavy (non-hydrogen) atoms. The number of nitrogens with zero attached hydrogens (tertiary/aromatic N) is 5. The molecule has 4 fully saturated rings. The number of hydrogen-bond donors (Lipinski definition) is 4. The van der Waals surface area contributed by atoms with Crippen molar-refractivity contribution < 1.29 is 42.5 Å². The Balaban J connectivity index is 0.000000582. The lowest BCUT2D eigenvalue weighted by molar-refractivity contribution is -0.192. The molecule has 2 saturated carbocycles. The van der Waals surface area contributed by atoms with Gasteiger partial charge in [-0.3, -0.25) is 9.69 Å². The largest absolute Gasteiger partial charge is 0.490 e. The van der Waals surface area contributed by atoms with Crippen LogP contribution in [0, 0.1) is 16.7 Å². The number of aliphatic carboxylic acids is 1. The third-order valence-corrected chi connectivity index (χ3v) is 9.80. The molecule has 0 bridgehead atoms. The van der Waals surface area contributed by atoms with Crippen LogP contribution in [-0.4, -0.2) is 105 Å². The molecule has 2 saturated heterocycles. The quantitative estimate of drug-likeness (QED) is 0.348. The zero-order chi connectivity index (χ0) is 34.7. The summed E-state index contributed by atoms with van der Waals surface area (Å²) in [6.45, 7) is 3.02. The molecule has 1 aromatic carbocycles. The van der Waals surface area contributed by atoms with Gasteiger partial charge in [0, 0.05) is 62.5 Å². The van der Waals surface area contributed by atoms with Gasteiger partial charge in [-0.2, -0.15) is 28.6 Å². The lowest BCUT2D eigenvalue weighted by Crippen LogP contribution is -2.74. The summed E-state index contributed by atoms with van der Waals surface area (Å²) in [5.74, 6) is -2.19. The van der Waals surface area contributed by atoms with E-state index in [-0.39, 0.29) is 29.5 Å². The number of rotatable bonds is 6. The van der Waals surface area contributed by atoms with Crippen molar-refractivity contribution in [3.63, 3.8) is 0 Å². The van der Waals surface area contributed by atoms with Gasteiger partial charge in [-0.05, 0) is 62.8 Å². The first kappa shape index (κ1) is 35.1. The van der Waals surface area contributed by atoms with Gasteiger partial charge in [0.15, 0.2) is 5.54 Å². The first-order chi connectivity index (χ1) is 22.8. The van der Waals surface area contributed by atoms with E-state index in [1.165, 1.54) is 4.90 Å². The van der Waals surface area contributed by atoms with E-state index in [2.05, 4.69) is 31.8 Å². The van der Waals surface area contributed by atoms with E-state index in [1.807, 2.05) is 12.1 Å². The number of carboxylic acid groups (broad SMARTS) is 2. The van der Waals surface area contributed by atoms with E-state index < -0.39 is 23.8 Å². The van der Waals surface area contributed by atoms with E-state index in [0.29, 0.717) is 48.2 Å². The van der Waals surface area contributed by atoms with Crippen molar-refractivity contribution in [2.75, 3.05) is 32.7 Å². The molecule has 13 nitrogen and oxygen atoms in total. The lowest BCUT2D eigenvalue weighted by atomic mass is 9.59. The SMILES string of the molecule is N#Cc1ccc(OC2CCC(NC(=O)C3(c4cccnn4)CNCCN3C3CC4(C3)CN(C(=O)O)C4)CC2)cc1Cl.O=C(O)C(F)(F)F. The second-order valence-electron chi connectivity index (χ2n) is 12.7. The number of carbonyl (C=O) groups excluding carboxylic acids is 1. The highest BCUT2D eigenvalue weighted by atomic mass is 35.5. The van der Waals surface area contributed by atoms with Crippen LogP contribution in [0.5, 0.6) is 5.75 Å². The van der Waals surface area contributed by atoms with Crippen LogP contribution >= 0.6 is 11.6 Å². The van der Waals surface area contributed by atoms with E-state index in [0.717, 1.165) is 45.1 Å². The van der Waals surface area contributed by atoms with E-state index >= 15 is 0 Å². The van der Waals surface area contributed by atoms with E-state index in [9.17, 15) is 27.9 Å². The fourth-order valence-corrected chi connectivity index (χ4v) is 7.35. The van der Waals surface area contributed by atoms with Crippen LogP contribution in [0.25, 0.3) is 0 Å². The van der Waals surface area contributed by atoms with Gasteiger partial charge < -0.3 is 30.5 Å². The van der Waals surface area contributed by atoms with Gasteiger partial charge in [-0.1, -0.05) is 11.6 Å². The third-order valence-electron chi connectivity index (χ3n) is 9.49. The number of carbonyl (C=O) groups is 3. The lowest BCUT2D eigenvalue weighted by Gasteiger charge is -2.63. The van der Waals surface area contributed by atoms with Crippen molar-refractivity contribution >= 4 is 29.6 Å². The normalized spacial score (nSPS) is 25.4. The third kappa shape index (κ3) is 7.43. The molecule has 1 aromatic heterocycles. The van der Waals surface area contributed by atoms with Gasteiger partial charge in [0.2, 0.25) is 5.91 Å². The molecule has 17 heteroatoms. The van der Waals surface area contributed by atoms with Gasteiger partial charge in [-0.15, -0.1) is 0 Å². The molecule has 258 valence electrons. The van der Waals surface area contributed by atoms with Gasteiger partial charge >= 0.3 is 18.2 Å². The summed E-state index contributed by atoms with van der Waals surface area (Å²) in [4.78, 5) is 38.3. The topological polar surface area (TPSA) is 181 Å². The highest BCUT2D eigenvalue weighted by Gasteiger charge is 2.60. The van der Waals surface area contributed by atoms with Crippen molar-refractivity contribution in [1.29, 1.82) is 5.26 Å². The summed E-state index contributed by atoms with van der Waals surface area (Å²) in [6.07, 6.45) is 0.543. The molecule has 3 heterocycles. The van der Waals surface area contributed by atoms with Crippen molar-refractivity contribution in [3.05, 3.63) is 52.8 Å². The van der Waals surface area contributed by atoms with Crippen molar-refractivity contribution in [2.45, 2.75) is 68.4 Å². The Morgan fingerprint density at radius 1 is 1.12 bits per heavy atom. The fraction of sp³-hybridized carbons (Fsp3) is 0.548. The first-order valence-corrected chi connectivity index (χ1v) is 15.8. The number of nitrogens with one attached hydrogen (secondary N) is 2. The molecule has 2 aromatic rings. The first-order valence-electron chi connectivity index (χ1n) is 15.5. The van der Waals surface area contributed by atoms with Crippen LogP contribution in [0.2, 0.25) is 5.02 Å². The molecule has 6 rings (SSSR count). The molecule has 0 radical (unpaired) electrons. The summed E-state index contributed by atoms with van der Waals surface area (Å²) in [5, 5.41) is 41.2. The minimum absolute atomic E-state index is 0.00714. The molecule has 2 aliphatic carbocycles. The highest BCUT2D eigenvalue weighted by Crippen LogP contribution is 2.52. The number of halogens is 4. The zero-order valence-corrected chi connectivity index (χ0v) is 26.5. The van der Waals surface area contributed by atoms with Crippen LogP contribution in [0.15, 0.2) is 36.5 Å². The van der Waals surface area contributed by atoms with Crippen LogP contribution in [-0.2, 0) is 15.1 Å². The summed E-state index contributed by atoms with van der Waals surface area (Å²) in [7, 11) is 0. The highest BCUT2D eigenvalue weighted by molar-refractivity contribution is 6.31. The Morgan fingerprint density at radius 3 is 2.38 bits per heavy atom. The van der Waals surface area contributed by atoms with Gasteiger partial charge in [0.25, 0.3) is 0 Å². The Bertz CT molecular complexity index is 1540. The number of aromatic nitrogens is 2. The van der Waals surface area contributed by atoms with Crippen molar-refractivity contribution in [2.24, 2.45) is 5.41 Å². The maximum atomic E-state index is 14.3. The minimum Gasteiger partial charge on any atom is -0.490 e. The number of alkyl halides is 3. The van der Waals surface area contributed by atoms with Crippen LogP contribution in [0.1, 0.15) is 49.8 Å². The summed E-state index contributed by atoms with van der Waals surface area (Å²) < 4.78 is 37.9. The Hall–Kier alpha value is -4.20. The van der Waals surface area contributed by atoms with Crippen LogP contribution < -0.4 is 15.4 Å². The van der Waals surface area contributed by atoms with Crippen LogP contribution in [0.3, 0.4) is 0 Å².